The molecule has 0 aromatic rings. The van der Waals surface area contributed by atoms with Crippen molar-refractivity contribution < 1.29 is 9.84 Å². The fourth-order valence-corrected chi connectivity index (χ4v) is 2.20. The Balaban J connectivity index is 2.11. The standard InChI is InChI=1S/C8H14O2/c9-7-5-10-6-8(7)3-1-2-4-8/h7,9H,1-6H2. The van der Waals surface area contributed by atoms with Crippen LogP contribution in [0.1, 0.15) is 25.7 Å². The quantitative estimate of drug-likeness (QED) is 0.545. The van der Waals surface area contributed by atoms with Crippen LogP contribution in [-0.4, -0.2) is 24.4 Å². The fourth-order valence-electron chi connectivity index (χ4n) is 2.20. The van der Waals surface area contributed by atoms with E-state index in [9.17, 15) is 5.11 Å². The molecule has 1 aliphatic heterocycles. The number of aliphatic hydroxyl groups is 1. The van der Waals surface area contributed by atoms with E-state index in [1.165, 1.54) is 25.7 Å². The van der Waals surface area contributed by atoms with E-state index in [1.54, 1.807) is 0 Å². The van der Waals surface area contributed by atoms with Gasteiger partial charge in [-0.15, -0.1) is 0 Å². The molecule has 1 aliphatic carbocycles. The predicted octanol–water partition coefficient (Wildman–Crippen LogP) is 0.938. The maximum absolute atomic E-state index is 9.55. The van der Waals surface area contributed by atoms with Crippen molar-refractivity contribution >= 4 is 0 Å². The van der Waals surface area contributed by atoms with Crippen molar-refractivity contribution in [1.29, 1.82) is 0 Å². The molecule has 1 spiro atoms. The molecule has 0 aromatic carbocycles. The second-order valence-electron chi connectivity index (χ2n) is 3.60. The Morgan fingerprint density at radius 1 is 1.30 bits per heavy atom. The predicted molar refractivity (Wildman–Crippen MR) is 37.7 cm³/mol. The molecule has 1 saturated carbocycles. The van der Waals surface area contributed by atoms with Crippen LogP contribution in [0.3, 0.4) is 0 Å². The summed E-state index contributed by atoms with van der Waals surface area (Å²) in [6.45, 7) is 1.37. The first-order valence-electron chi connectivity index (χ1n) is 4.09. The van der Waals surface area contributed by atoms with Crippen LogP contribution in [0, 0.1) is 5.41 Å². The van der Waals surface area contributed by atoms with Gasteiger partial charge in [0, 0.05) is 5.41 Å². The Hall–Kier alpha value is -0.0800. The molecule has 58 valence electrons. The molecule has 2 heteroatoms. The number of ether oxygens (including phenoxy) is 1. The molecule has 1 atom stereocenters. The van der Waals surface area contributed by atoms with Gasteiger partial charge in [0.2, 0.25) is 0 Å². The van der Waals surface area contributed by atoms with Gasteiger partial charge in [-0.2, -0.15) is 0 Å². The van der Waals surface area contributed by atoms with E-state index in [4.69, 9.17) is 4.74 Å². The van der Waals surface area contributed by atoms with Crippen molar-refractivity contribution in [3.63, 3.8) is 0 Å². The van der Waals surface area contributed by atoms with Crippen LogP contribution >= 0.6 is 0 Å². The highest BCUT2D eigenvalue weighted by atomic mass is 16.5. The van der Waals surface area contributed by atoms with Crippen LogP contribution in [-0.2, 0) is 4.74 Å². The van der Waals surface area contributed by atoms with Crippen LogP contribution < -0.4 is 0 Å². The van der Waals surface area contributed by atoms with E-state index in [-0.39, 0.29) is 11.5 Å². The minimum absolute atomic E-state index is 0.171. The monoisotopic (exact) mass is 142 g/mol. The van der Waals surface area contributed by atoms with Crippen molar-refractivity contribution in [2.45, 2.75) is 31.8 Å². The van der Waals surface area contributed by atoms with Crippen LogP contribution in [0.5, 0.6) is 0 Å². The van der Waals surface area contributed by atoms with Gasteiger partial charge in [0.25, 0.3) is 0 Å². The van der Waals surface area contributed by atoms with Gasteiger partial charge in [-0.05, 0) is 12.8 Å². The Morgan fingerprint density at radius 2 is 2.00 bits per heavy atom. The summed E-state index contributed by atoms with van der Waals surface area (Å²) >= 11 is 0. The van der Waals surface area contributed by atoms with E-state index in [0.717, 1.165) is 6.61 Å². The first kappa shape index (κ1) is 6.62. The molecule has 1 N–H and O–H groups in total. The second-order valence-corrected chi connectivity index (χ2v) is 3.60. The molecule has 2 fully saturated rings. The lowest BCUT2D eigenvalue weighted by Gasteiger charge is -2.24. The Bertz CT molecular complexity index is 122. The maximum atomic E-state index is 9.55. The zero-order valence-electron chi connectivity index (χ0n) is 6.18. The lowest BCUT2D eigenvalue weighted by atomic mass is 9.83. The number of aliphatic hydroxyl groups excluding tert-OH is 1. The summed E-state index contributed by atoms with van der Waals surface area (Å²) in [5.74, 6) is 0. The van der Waals surface area contributed by atoms with Crippen LogP contribution in [0.2, 0.25) is 0 Å². The third kappa shape index (κ3) is 0.789. The maximum Gasteiger partial charge on any atom is 0.0851 e. The highest BCUT2D eigenvalue weighted by molar-refractivity contribution is 4.94. The molecule has 0 amide bonds. The van der Waals surface area contributed by atoms with Crippen LogP contribution in [0.25, 0.3) is 0 Å². The van der Waals surface area contributed by atoms with Gasteiger partial charge >= 0.3 is 0 Å². The largest absolute Gasteiger partial charge is 0.390 e. The van der Waals surface area contributed by atoms with Crippen molar-refractivity contribution in [3.05, 3.63) is 0 Å². The molecular formula is C8H14O2. The van der Waals surface area contributed by atoms with Gasteiger partial charge in [-0.1, -0.05) is 12.8 Å². The molecule has 1 saturated heterocycles. The van der Waals surface area contributed by atoms with Gasteiger partial charge in [-0.25, -0.2) is 0 Å². The number of hydrogen-bond donors (Lipinski definition) is 1. The molecule has 0 aromatic heterocycles. The van der Waals surface area contributed by atoms with E-state index in [0.29, 0.717) is 6.61 Å². The summed E-state index contributed by atoms with van der Waals surface area (Å²) in [7, 11) is 0. The van der Waals surface area contributed by atoms with E-state index in [2.05, 4.69) is 0 Å². The normalized spacial score (nSPS) is 37.5. The van der Waals surface area contributed by atoms with E-state index in [1.807, 2.05) is 0 Å². The van der Waals surface area contributed by atoms with Crippen molar-refractivity contribution in [2.24, 2.45) is 5.41 Å². The molecule has 2 rings (SSSR count). The van der Waals surface area contributed by atoms with Gasteiger partial charge in [0.15, 0.2) is 0 Å². The van der Waals surface area contributed by atoms with Gasteiger partial charge in [0.1, 0.15) is 0 Å². The minimum atomic E-state index is -0.171. The lowest BCUT2D eigenvalue weighted by Crippen LogP contribution is -2.30. The summed E-state index contributed by atoms with van der Waals surface area (Å²) in [5, 5.41) is 9.55. The van der Waals surface area contributed by atoms with Crippen molar-refractivity contribution in [2.75, 3.05) is 13.2 Å². The first-order chi connectivity index (χ1) is 4.83. The summed E-state index contributed by atoms with van der Waals surface area (Å²) < 4.78 is 5.24. The first-order valence-corrected chi connectivity index (χ1v) is 4.09. The third-order valence-electron chi connectivity index (χ3n) is 2.97. The molecule has 2 aliphatic rings. The van der Waals surface area contributed by atoms with Crippen molar-refractivity contribution in [1.82, 2.24) is 0 Å². The second kappa shape index (κ2) is 2.21. The molecule has 2 nitrogen and oxygen atoms in total. The summed E-state index contributed by atoms with van der Waals surface area (Å²) in [5.41, 5.74) is 0.181. The Labute approximate surface area is 61.2 Å². The smallest absolute Gasteiger partial charge is 0.0851 e. The van der Waals surface area contributed by atoms with E-state index >= 15 is 0 Å². The average molecular weight is 142 g/mol. The van der Waals surface area contributed by atoms with Gasteiger partial charge in [0.05, 0.1) is 19.3 Å². The zero-order chi connectivity index (χ0) is 7.03. The van der Waals surface area contributed by atoms with Gasteiger partial charge < -0.3 is 9.84 Å². The van der Waals surface area contributed by atoms with Crippen LogP contribution in [0.15, 0.2) is 0 Å². The van der Waals surface area contributed by atoms with Gasteiger partial charge in [-0.3, -0.25) is 0 Å². The molecular weight excluding hydrogens is 128 g/mol. The third-order valence-corrected chi connectivity index (χ3v) is 2.97. The number of hydrogen-bond acceptors (Lipinski definition) is 2. The zero-order valence-corrected chi connectivity index (χ0v) is 6.18. The van der Waals surface area contributed by atoms with E-state index < -0.39 is 0 Å². The SMILES string of the molecule is OC1COCC12CCCC2. The van der Waals surface area contributed by atoms with Crippen molar-refractivity contribution in [3.8, 4) is 0 Å². The molecule has 10 heavy (non-hydrogen) atoms. The topological polar surface area (TPSA) is 29.5 Å². The summed E-state index contributed by atoms with van der Waals surface area (Å²) in [6.07, 6.45) is 4.73. The Morgan fingerprint density at radius 3 is 2.50 bits per heavy atom. The highest BCUT2D eigenvalue weighted by Gasteiger charge is 2.44. The summed E-state index contributed by atoms with van der Waals surface area (Å²) in [6, 6.07) is 0. The fraction of sp³-hybridized carbons (Fsp3) is 1.00. The molecule has 1 unspecified atom stereocenters. The minimum Gasteiger partial charge on any atom is -0.390 e. The average Bonchev–Trinajstić information content (AvgIpc) is 2.48. The molecule has 0 bridgehead atoms. The lowest BCUT2D eigenvalue weighted by molar-refractivity contribution is 0.0738. The highest BCUT2D eigenvalue weighted by Crippen LogP contribution is 2.44. The molecule has 0 radical (unpaired) electrons. The Kier molecular flexibility index (Phi) is 1.46. The molecule has 1 heterocycles. The summed E-state index contributed by atoms with van der Waals surface area (Å²) in [4.78, 5) is 0. The van der Waals surface area contributed by atoms with Crippen LogP contribution in [0.4, 0.5) is 0 Å². The number of rotatable bonds is 0.